The van der Waals surface area contributed by atoms with Gasteiger partial charge in [0.1, 0.15) is 5.69 Å². The highest BCUT2D eigenvalue weighted by molar-refractivity contribution is 7.92. The predicted molar refractivity (Wildman–Crippen MR) is 148 cm³/mol. The van der Waals surface area contributed by atoms with E-state index in [-0.39, 0.29) is 17.0 Å². The number of piperazine rings is 1. The van der Waals surface area contributed by atoms with Crippen molar-refractivity contribution < 1.29 is 12.8 Å². The molecule has 0 radical (unpaired) electrons. The third-order valence-electron chi connectivity index (χ3n) is 6.51. The molecule has 10 heteroatoms. The van der Waals surface area contributed by atoms with Crippen LogP contribution in [0.1, 0.15) is 18.9 Å². The van der Waals surface area contributed by atoms with Gasteiger partial charge in [-0.1, -0.05) is 31.2 Å². The van der Waals surface area contributed by atoms with E-state index in [1.54, 1.807) is 42.3 Å². The summed E-state index contributed by atoms with van der Waals surface area (Å²) in [7, 11) is -3.65. The predicted octanol–water partition coefficient (Wildman–Crippen LogP) is 4.30. The van der Waals surface area contributed by atoms with Gasteiger partial charge in [0, 0.05) is 68.0 Å². The number of benzene rings is 2. The van der Waals surface area contributed by atoms with Crippen molar-refractivity contribution in [1.82, 2.24) is 25.0 Å². The van der Waals surface area contributed by atoms with Crippen molar-refractivity contribution in [3.63, 3.8) is 0 Å². The first-order chi connectivity index (χ1) is 18.4. The van der Waals surface area contributed by atoms with E-state index in [9.17, 15) is 8.42 Å². The first kappa shape index (κ1) is 26.0. The highest BCUT2D eigenvalue weighted by Crippen LogP contribution is 2.35. The van der Waals surface area contributed by atoms with Gasteiger partial charge in [-0.25, -0.2) is 17.5 Å². The van der Waals surface area contributed by atoms with Crippen molar-refractivity contribution in [1.29, 1.82) is 0 Å². The number of nitrogens with zero attached hydrogens (tertiary/aromatic N) is 4. The van der Waals surface area contributed by atoms with Crippen molar-refractivity contribution in [2.45, 2.75) is 19.9 Å². The number of hydrogen-bond donors (Lipinski definition) is 2. The molecule has 2 aromatic carbocycles. The smallest absolute Gasteiger partial charge is 0.232 e. The van der Waals surface area contributed by atoms with Crippen LogP contribution in [0, 0.1) is 5.82 Å². The second-order valence-electron chi connectivity index (χ2n) is 9.35. The lowest BCUT2D eigenvalue weighted by molar-refractivity contribution is 0.233. The van der Waals surface area contributed by atoms with Crippen molar-refractivity contribution in [2.75, 3.05) is 36.7 Å². The molecule has 0 amide bonds. The van der Waals surface area contributed by atoms with Crippen LogP contribution >= 0.6 is 0 Å². The van der Waals surface area contributed by atoms with E-state index in [0.29, 0.717) is 17.7 Å². The van der Waals surface area contributed by atoms with Gasteiger partial charge in [0.2, 0.25) is 10.0 Å². The topological polar surface area (TPSA) is 92.2 Å². The molecule has 1 saturated heterocycles. The summed E-state index contributed by atoms with van der Waals surface area (Å²) < 4.78 is 44.5. The van der Waals surface area contributed by atoms with Crippen LogP contribution in [-0.2, 0) is 16.6 Å². The Morgan fingerprint density at radius 1 is 1.00 bits per heavy atom. The molecule has 1 aliphatic rings. The van der Waals surface area contributed by atoms with E-state index in [0.717, 1.165) is 44.0 Å². The average Bonchev–Trinajstić information content (AvgIpc) is 3.36. The Morgan fingerprint density at radius 2 is 1.74 bits per heavy atom. The highest BCUT2D eigenvalue weighted by Gasteiger charge is 2.21. The van der Waals surface area contributed by atoms with E-state index in [4.69, 9.17) is 5.10 Å². The molecule has 8 nitrogen and oxygen atoms in total. The maximum Gasteiger partial charge on any atom is 0.232 e. The van der Waals surface area contributed by atoms with Gasteiger partial charge >= 0.3 is 0 Å². The summed E-state index contributed by atoms with van der Waals surface area (Å²) >= 11 is 0. The first-order valence-corrected chi connectivity index (χ1v) is 14.4. The number of sulfonamides is 1. The molecule has 0 atom stereocenters. The lowest BCUT2D eigenvalue weighted by atomic mass is 10.0. The largest absolute Gasteiger partial charge is 0.314 e. The van der Waals surface area contributed by atoms with Gasteiger partial charge in [-0.3, -0.25) is 14.6 Å². The van der Waals surface area contributed by atoms with Crippen LogP contribution in [0.2, 0.25) is 0 Å². The SMILES string of the molecule is CCCS(=O)(=O)Nc1cccc(-c2cn(-c3ccc(CN4CCNCC4)cc3)nc2-c2ccncc2)c1F. The quantitative estimate of drug-likeness (QED) is 0.333. The third-order valence-corrected chi connectivity index (χ3v) is 7.99. The number of halogens is 1. The Hall–Kier alpha value is -3.60. The standard InChI is InChI=1S/C28H31FN6O2S/c1-2-18-38(36,37)33-26-5-3-4-24(27(26)29)25-20-35(32-28(25)22-10-12-30-13-11-22)23-8-6-21(7-9-23)19-34-16-14-31-15-17-34/h3-13,20,31,33H,2,14-19H2,1H3. The van der Waals surface area contributed by atoms with Crippen LogP contribution in [0.4, 0.5) is 10.1 Å². The van der Waals surface area contributed by atoms with Crippen LogP contribution in [0.15, 0.2) is 73.2 Å². The number of aromatic nitrogens is 3. The van der Waals surface area contributed by atoms with Crippen molar-refractivity contribution in [3.8, 4) is 28.1 Å². The third kappa shape index (κ3) is 5.93. The number of pyridine rings is 1. The molecule has 0 spiro atoms. The number of nitrogens with one attached hydrogen (secondary N) is 2. The minimum absolute atomic E-state index is 0.0818. The molecular formula is C28H31FN6O2S. The summed E-state index contributed by atoms with van der Waals surface area (Å²) in [5.74, 6) is -0.727. The maximum absolute atomic E-state index is 15.7. The Morgan fingerprint density at radius 3 is 2.45 bits per heavy atom. The van der Waals surface area contributed by atoms with Gasteiger partial charge in [-0.05, 0) is 42.3 Å². The van der Waals surface area contributed by atoms with Crippen LogP contribution in [-0.4, -0.2) is 60.0 Å². The number of anilines is 1. The van der Waals surface area contributed by atoms with Crippen LogP contribution in [0.5, 0.6) is 0 Å². The van der Waals surface area contributed by atoms with E-state index in [2.05, 4.69) is 32.1 Å². The molecule has 1 fully saturated rings. The monoisotopic (exact) mass is 534 g/mol. The summed E-state index contributed by atoms with van der Waals surface area (Å²) in [6.45, 7) is 6.71. The Balaban J connectivity index is 1.51. The average molecular weight is 535 g/mol. The van der Waals surface area contributed by atoms with Gasteiger partial charge in [0.25, 0.3) is 0 Å². The van der Waals surface area contributed by atoms with E-state index in [1.165, 1.54) is 11.6 Å². The van der Waals surface area contributed by atoms with Gasteiger partial charge in [-0.2, -0.15) is 5.10 Å². The van der Waals surface area contributed by atoms with E-state index >= 15 is 4.39 Å². The van der Waals surface area contributed by atoms with Crippen molar-refractivity contribution >= 4 is 15.7 Å². The summed E-state index contributed by atoms with van der Waals surface area (Å²) in [6, 6.07) is 16.5. The number of hydrogen-bond acceptors (Lipinski definition) is 6. The highest BCUT2D eigenvalue weighted by atomic mass is 32.2. The van der Waals surface area contributed by atoms with Crippen molar-refractivity contribution in [3.05, 3.63) is 84.6 Å². The molecule has 1 aliphatic heterocycles. The molecule has 2 N–H and O–H groups in total. The van der Waals surface area contributed by atoms with Gasteiger partial charge in [0.05, 0.1) is 17.1 Å². The molecule has 2 aromatic heterocycles. The molecule has 4 aromatic rings. The molecule has 198 valence electrons. The zero-order valence-electron chi connectivity index (χ0n) is 21.3. The van der Waals surface area contributed by atoms with Crippen LogP contribution < -0.4 is 10.0 Å². The van der Waals surface area contributed by atoms with Gasteiger partial charge in [-0.15, -0.1) is 0 Å². The van der Waals surface area contributed by atoms with Gasteiger partial charge < -0.3 is 5.32 Å². The lowest BCUT2D eigenvalue weighted by Crippen LogP contribution is -2.42. The minimum Gasteiger partial charge on any atom is -0.314 e. The van der Waals surface area contributed by atoms with E-state index in [1.807, 2.05) is 24.3 Å². The van der Waals surface area contributed by atoms with Crippen LogP contribution in [0.25, 0.3) is 28.1 Å². The lowest BCUT2D eigenvalue weighted by Gasteiger charge is -2.27. The van der Waals surface area contributed by atoms with Crippen molar-refractivity contribution in [2.24, 2.45) is 0 Å². The Bertz CT molecular complexity index is 1480. The molecule has 5 rings (SSSR count). The summed E-state index contributed by atoms with van der Waals surface area (Å²) in [5.41, 5.74) is 4.14. The van der Waals surface area contributed by atoms with Crippen LogP contribution in [0.3, 0.4) is 0 Å². The zero-order chi connectivity index (χ0) is 26.5. The fourth-order valence-corrected chi connectivity index (χ4v) is 5.75. The normalized spacial score (nSPS) is 14.5. The molecular weight excluding hydrogens is 503 g/mol. The molecule has 3 heterocycles. The second kappa shape index (κ2) is 11.4. The maximum atomic E-state index is 15.7. The second-order valence-corrected chi connectivity index (χ2v) is 11.2. The Kier molecular flexibility index (Phi) is 7.82. The molecule has 0 aliphatic carbocycles. The molecule has 38 heavy (non-hydrogen) atoms. The van der Waals surface area contributed by atoms with E-state index < -0.39 is 15.8 Å². The fourth-order valence-electron chi connectivity index (χ4n) is 4.61. The Labute approximate surface area is 222 Å². The summed E-state index contributed by atoms with van der Waals surface area (Å²) in [5, 5.41) is 8.18. The number of rotatable bonds is 9. The van der Waals surface area contributed by atoms with Gasteiger partial charge in [0.15, 0.2) is 5.82 Å². The zero-order valence-corrected chi connectivity index (χ0v) is 22.1. The molecule has 0 bridgehead atoms. The molecule has 0 saturated carbocycles. The first-order valence-electron chi connectivity index (χ1n) is 12.8. The molecule has 0 unspecified atom stereocenters. The summed E-state index contributed by atoms with van der Waals surface area (Å²) in [4.78, 5) is 6.51. The fraction of sp³-hybridized carbons (Fsp3) is 0.286. The summed E-state index contributed by atoms with van der Waals surface area (Å²) in [6.07, 6.45) is 5.54. The minimum atomic E-state index is -3.65.